The van der Waals surface area contributed by atoms with Gasteiger partial charge < -0.3 is 20.5 Å². The number of aliphatic hydroxyl groups excluding tert-OH is 2. The van der Waals surface area contributed by atoms with Crippen molar-refractivity contribution in [3.63, 3.8) is 0 Å². The second kappa shape index (κ2) is 4.00. The van der Waals surface area contributed by atoms with Gasteiger partial charge in [-0.3, -0.25) is 0 Å². The lowest BCUT2D eigenvalue weighted by Crippen LogP contribution is -2.27. The zero-order valence-corrected chi connectivity index (χ0v) is 6.12. The van der Waals surface area contributed by atoms with Crippen molar-refractivity contribution in [2.45, 2.75) is 6.04 Å². The number of anilines is 1. The number of aromatic nitrogens is 1. The summed E-state index contributed by atoms with van der Waals surface area (Å²) in [5.41, 5.74) is 0. The van der Waals surface area contributed by atoms with E-state index >= 15 is 0 Å². The van der Waals surface area contributed by atoms with Crippen molar-refractivity contribution in [2.24, 2.45) is 0 Å². The van der Waals surface area contributed by atoms with Crippen LogP contribution in [0.15, 0.2) is 18.3 Å². The average molecular weight is 156 g/mol. The molecule has 0 radical (unpaired) electrons. The van der Waals surface area contributed by atoms with Gasteiger partial charge in [0.05, 0.1) is 19.3 Å². The molecule has 0 spiro atoms. The lowest BCUT2D eigenvalue weighted by atomic mass is 10.3. The molecule has 0 amide bonds. The molecule has 0 aliphatic rings. The molecule has 0 unspecified atom stereocenters. The Bertz CT molecular complexity index is 182. The first-order valence-electron chi connectivity index (χ1n) is 3.48. The van der Waals surface area contributed by atoms with Gasteiger partial charge in [0.2, 0.25) is 0 Å². The molecule has 0 saturated carbocycles. The number of hydrogen-bond acceptors (Lipinski definition) is 3. The van der Waals surface area contributed by atoms with E-state index in [9.17, 15) is 0 Å². The lowest BCUT2D eigenvalue weighted by molar-refractivity contribution is 0.203. The van der Waals surface area contributed by atoms with E-state index in [4.69, 9.17) is 10.2 Å². The largest absolute Gasteiger partial charge is 0.394 e. The van der Waals surface area contributed by atoms with Crippen LogP contribution in [0, 0.1) is 0 Å². The summed E-state index contributed by atoms with van der Waals surface area (Å²) in [4.78, 5) is 2.90. The average Bonchev–Trinajstić information content (AvgIpc) is 2.52. The molecule has 0 bridgehead atoms. The highest BCUT2D eigenvalue weighted by Crippen LogP contribution is 2.02. The van der Waals surface area contributed by atoms with Crippen LogP contribution < -0.4 is 5.32 Å². The van der Waals surface area contributed by atoms with Crippen LogP contribution in [0.2, 0.25) is 0 Å². The van der Waals surface area contributed by atoms with Crippen molar-refractivity contribution in [3.05, 3.63) is 18.3 Å². The maximum absolute atomic E-state index is 8.69. The Hall–Kier alpha value is -1.00. The third kappa shape index (κ3) is 2.25. The molecule has 0 saturated heterocycles. The van der Waals surface area contributed by atoms with Gasteiger partial charge in [0.1, 0.15) is 5.82 Å². The molecule has 1 aromatic heterocycles. The topological polar surface area (TPSA) is 68.3 Å². The minimum absolute atomic E-state index is 0.0739. The van der Waals surface area contributed by atoms with E-state index in [1.165, 1.54) is 0 Å². The van der Waals surface area contributed by atoms with E-state index in [0.717, 1.165) is 5.82 Å². The van der Waals surface area contributed by atoms with Gasteiger partial charge in [0, 0.05) is 6.20 Å². The number of rotatable bonds is 4. The van der Waals surface area contributed by atoms with E-state index in [2.05, 4.69) is 10.3 Å². The summed E-state index contributed by atoms with van der Waals surface area (Å²) in [6.45, 7) is -0.148. The summed E-state index contributed by atoms with van der Waals surface area (Å²) in [5, 5.41) is 20.3. The van der Waals surface area contributed by atoms with Crippen LogP contribution in [-0.4, -0.2) is 34.5 Å². The van der Waals surface area contributed by atoms with Gasteiger partial charge in [-0.2, -0.15) is 0 Å². The maximum Gasteiger partial charge on any atom is 0.103 e. The third-order valence-electron chi connectivity index (χ3n) is 1.40. The first kappa shape index (κ1) is 8.10. The molecule has 4 heteroatoms. The molecule has 0 aliphatic heterocycles. The van der Waals surface area contributed by atoms with Crippen molar-refractivity contribution in [1.29, 1.82) is 0 Å². The van der Waals surface area contributed by atoms with Gasteiger partial charge in [-0.15, -0.1) is 0 Å². The summed E-state index contributed by atoms with van der Waals surface area (Å²) in [6, 6.07) is 3.39. The fourth-order valence-electron chi connectivity index (χ4n) is 0.789. The Morgan fingerprint density at radius 3 is 2.64 bits per heavy atom. The molecule has 1 heterocycles. The highest BCUT2D eigenvalue weighted by atomic mass is 16.3. The van der Waals surface area contributed by atoms with E-state index in [-0.39, 0.29) is 19.3 Å². The highest BCUT2D eigenvalue weighted by molar-refractivity contribution is 5.35. The van der Waals surface area contributed by atoms with Crippen molar-refractivity contribution < 1.29 is 10.2 Å². The standard InChI is InChI=1S/C7H12N2O2/c10-4-6(5-11)9-7-2-1-3-8-7/h1-3,6,8-11H,4-5H2. The van der Waals surface area contributed by atoms with E-state index < -0.39 is 0 Å². The van der Waals surface area contributed by atoms with Crippen LogP contribution in [-0.2, 0) is 0 Å². The summed E-state index contributed by atoms with van der Waals surface area (Å²) in [5.74, 6) is 0.804. The van der Waals surface area contributed by atoms with Crippen LogP contribution >= 0.6 is 0 Å². The lowest BCUT2D eigenvalue weighted by Gasteiger charge is -2.12. The molecule has 0 fully saturated rings. The number of hydrogen-bond donors (Lipinski definition) is 4. The number of H-pyrrole nitrogens is 1. The van der Waals surface area contributed by atoms with Gasteiger partial charge >= 0.3 is 0 Å². The summed E-state index contributed by atoms with van der Waals surface area (Å²) in [6.07, 6.45) is 1.77. The molecular weight excluding hydrogens is 144 g/mol. The molecule has 11 heavy (non-hydrogen) atoms. The molecule has 4 N–H and O–H groups in total. The Morgan fingerprint density at radius 2 is 2.18 bits per heavy atom. The summed E-state index contributed by atoms with van der Waals surface area (Å²) >= 11 is 0. The summed E-state index contributed by atoms with van der Waals surface area (Å²) in [7, 11) is 0. The zero-order chi connectivity index (χ0) is 8.10. The molecule has 1 aromatic rings. The molecule has 1 rings (SSSR count). The monoisotopic (exact) mass is 156 g/mol. The van der Waals surface area contributed by atoms with E-state index in [1.54, 1.807) is 6.20 Å². The predicted octanol–water partition coefficient (Wildman–Crippen LogP) is -0.220. The third-order valence-corrected chi connectivity index (χ3v) is 1.40. The second-order valence-electron chi connectivity index (χ2n) is 2.29. The maximum atomic E-state index is 8.69. The Morgan fingerprint density at radius 1 is 1.45 bits per heavy atom. The Kier molecular flexibility index (Phi) is 2.95. The SMILES string of the molecule is OCC(CO)Nc1ccc[nH]1. The van der Waals surface area contributed by atoms with Gasteiger partial charge in [-0.1, -0.05) is 0 Å². The van der Waals surface area contributed by atoms with Gasteiger partial charge in [-0.25, -0.2) is 0 Å². The Labute approximate surface area is 64.9 Å². The molecule has 0 aliphatic carbocycles. The zero-order valence-electron chi connectivity index (χ0n) is 6.12. The Balaban J connectivity index is 2.41. The predicted molar refractivity (Wildman–Crippen MR) is 42.4 cm³/mol. The highest BCUT2D eigenvalue weighted by Gasteiger charge is 2.03. The van der Waals surface area contributed by atoms with Crippen LogP contribution in [0.25, 0.3) is 0 Å². The minimum Gasteiger partial charge on any atom is -0.394 e. The van der Waals surface area contributed by atoms with Gasteiger partial charge in [0.15, 0.2) is 0 Å². The van der Waals surface area contributed by atoms with Gasteiger partial charge in [0.25, 0.3) is 0 Å². The minimum atomic E-state index is -0.284. The van der Waals surface area contributed by atoms with Crippen LogP contribution in [0.4, 0.5) is 5.82 Å². The van der Waals surface area contributed by atoms with Gasteiger partial charge in [-0.05, 0) is 12.1 Å². The first-order chi connectivity index (χ1) is 5.36. The fraction of sp³-hybridized carbons (Fsp3) is 0.429. The number of nitrogens with one attached hydrogen (secondary N) is 2. The van der Waals surface area contributed by atoms with Crippen LogP contribution in [0.3, 0.4) is 0 Å². The quantitative estimate of drug-likeness (QED) is 0.487. The number of aliphatic hydroxyl groups is 2. The first-order valence-corrected chi connectivity index (χ1v) is 3.48. The molecular formula is C7H12N2O2. The van der Waals surface area contributed by atoms with Crippen molar-refractivity contribution >= 4 is 5.82 Å². The second-order valence-corrected chi connectivity index (χ2v) is 2.29. The van der Waals surface area contributed by atoms with Crippen molar-refractivity contribution in [2.75, 3.05) is 18.5 Å². The molecule has 4 nitrogen and oxygen atoms in total. The van der Waals surface area contributed by atoms with Crippen LogP contribution in [0.5, 0.6) is 0 Å². The van der Waals surface area contributed by atoms with E-state index in [1.807, 2.05) is 12.1 Å². The van der Waals surface area contributed by atoms with E-state index in [0.29, 0.717) is 0 Å². The smallest absolute Gasteiger partial charge is 0.103 e. The molecule has 62 valence electrons. The van der Waals surface area contributed by atoms with Crippen LogP contribution in [0.1, 0.15) is 0 Å². The molecule has 0 atom stereocenters. The number of aromatic amines is 1. The summed E-state index contributed by atoms with van der Waals surface area (Å²) < 4.78 is 0. The molecule has 0 aromatic carbocycles. The van der Waals surface area contributed by atoms with Crippen molar-refractivity contribution in [1.82, 2.24) is 4.98 Å². The van der Waals surface area contributed by atoms with Crippen molar-refractivity contribution in [3.8, 4) is 0 Å². The normalized spacial score (nSPS) is 10.5. The fourth-order valence-corrected chi connectivity index (χ4v) is 0.789.